The maximum atomic E-state index is 3.36. The molecule has 0 aromatic heterocycles. The molecule has 439 valence electrons. The van der Waals surface area contributed by atoms with Gasteiger partial charge in [-0.1, -0.05) is 318 Å². The molecule has 0 N–H and O–H groups in total. The normalized spacial score (nSPS) is 12.3. The number of benzene rings is 12. The van der Waals surface area contributed by atoms with Crippen LogP contribution in [0, 0.1) is 32.8 Å². The molecule has 1 aliphatic rings. The summed E-state index contributed by atoms with van der Waals surface area (Å²) in [6.45, 7) is 15.9. The molecule has 13 rings (SSSR count). The zero-order chi connectivity index (χ0) is 58.4. The molecule has 12 aromatic carbocycles. The third-order valence-electron chi connectivity index (χ3n) is 17.4. The van der Waals surface area contributed by atoms with Gasteiger partial charge in [-0.25, -0.2) is 5.57 Å². The largest absolute Gasteiger partial charge is 0.266 e. The van der Waals surface area contributed by atoms with Crippen LogP contribution in [0.1, 0.15) is 44.4 Å². The quantitative estimate of drug-likeness (QED) is 0.0650. The van der Waals surface area contributed by atoms with Gasteiger partial charge in [-0.2, -0.15) is 11.1 Å². The van der Waals surface area contributed by atoms with Gasteiger partial charge < -0.3 is 0 Å². The molecule has 0 spiro atoms. The van der Waals surface area contributed by atoms with Crippen molar-refractivity contribution in [3.8, 4) is 100 Å². The smallest absolute Gasteiger partial charge is 0.155 e. The summed E-state index contributed by atoms with van der Waals surface area (Å²) in [5, 5.41) is 4.10. The molecular weight excluding hydrogens is 1190 g/mol. The van der Waals surface area contributed by atoms with Crippen LogP contribution >= 0.6 is 37.2 Å². The molecule has 0 saturated carbocycles. The number of hydrogen-bond acceptors (Lipinski definition) is 0. The second kappa shape index (κ2) is 30.4. The Hall–Kier alpha value is -8.08. The van der Waals surface area contributed by atoms with Gasteiger partial charge in [0, 0.05) is 21.7 Å². The Kier molecular flexibility index (Phi) is 22.9. The van der Waals surface area contributed by atoms with Gasteiger partial charge in [0.25, 0.3) is 0 Å². The fourth-order valence-electron chi connectivity index (χ4n) is 12.9. The minimum absolute atomic E-state index is 0. The molecule has 0 bridgehead atoms. The van der Waals surface area contributed by atoms with Crippen molar-refractivity contribution < 1.29 is 21.7 Å². The molecule has 0 heterocycles. The monoisotopic (exact) mass is 1260 g/mol. The molecule has 0 fully saturated rings. The van der Waals surface area contributed by atoms with Gasteiger partial charge >= 0.3 is 0 Å². The van der Waals surface area contributed by atoms with Crippen molar-refractivity contribution in [3.05, 3.63) is 331 Å². The van der Waals surface area contributed by atoms with E-state index in [9.17, 15) is 0 Å². The van der Waals surface area contributed by atoms with Crippen molar-refractivity contribution in [3.63, 3.8) is 0 Å². The van der Waals surface area contributed by atoms with Crippen LogP contribution in [0.4, 0.5) is 0 Å². The molecule has 5 heteroatoms. The Labute approximate surface area is 564 Å². The van der Waals surface area contributed by atoms with E-state index >= 15 is 0 Å². The number of rotatable bonds is 12. The Morgan fingerprint density at radius 1 is 0.270 bits per heavy atom. The Morgan fingerprint density at radius 3 is 0.629 bits per heavy atom. The first-order chi connectivity index (χ1) is 41.7. The van der Waals surface area contributed by atoms with E-state index in [-0.39, 0.29) is 58.9 Å². The summed E-state index contributed by atoms with van der Waals surface area (Å²) in [5.41, 5.74) is 30.1. The summed E-state index contributed by atoms with van der Waals surface area (Å²) in [7, 11) is -2.04. The minimum atomic E-state index is -2.04. The van der Waals surface area contributed by atoms with Gasteiger partial charge in [0.2, 0.25) is 0 Å². The molecule has 1 atom stereocenters. The van der Waals surface area contributed by atoms with Crippen molar-refractivity contribution in [2.75, 3.05) is 0 Å². The van der Waals surface area contributed by atoms with Crippen LogP contribution in [0.25, 0.3) is 100 Å². The van der Waals surface area contributed by atoms with Gasteiger partial charge in [-0.15, -0.1) is 44.1 Å². The minimum Gasteiger partial charge on any atom is -0.266 e. The fourth-order valence-corrected chi connectivity index (χ4v) is 16.1. The summed E-state index contributed by atoms with van der Waals surface area (Å²) >= 11 is 0. The second-order valence-electron chi connectivity index (χ2n) is 22.5. The van der Waals surface area contributed by atoms with E-state index in [1.807, 2.05) is 0 Å². The van der Waals surface area contributed by atoms with E-state index in [2.05, 4.69) is 346 Å². The van der Waals surface area contributed by atoms with Crippen LogP contribution in [0.15, 0.2) is 308 Å². The zero-order valence-corrected chi connectivity index (χ0v) is 56.5. The van der Waals surface area contributed by atoms with Gasteiger partial charge in [-0.05, 0) is 153 Å². The SMILES string of the molecule is CC1=[C-]C(C)C(C)=C1C.Cc1c([Si](c2cc(-c3ccccc3)c(-c3ccccc3)c(-c3ccccc3)c2C)c2cc(-c3ccccc3)c(-c3ccccc3)c(-c3ccccc3)c2C)cc(-c2ccccc2)c(-c2ccccc2)c1-c1ccccc1.Cl.Cl.Cl.[Ti]. The summed E-state index contributed by atoms with van der Waals surface area (Å²) in [4.78, 5) is 0. The van der Waals surface area contributed by atoms with Gasteiger partial charge in [-0.3, -0.25) is 6.08 Å². The Balaban J connectivity index is 0.000000726. The van der Waals surface area contributed by atoms with Crippen LogP contribution in [0.3, 0.4) is 0 Å². The summed E-state index contributed by atoms with van der Waals surface area (Å²) in [5.74, 6) is 0.560. The molecule has 0 aliphatic heterocycles. The van der Waals surface area contributed by atoms with E-state index in [1.54, 1.807) is 0 Å². The molecule has 1 unspecified atom stereocenters. The molecule has 1 radical (unpaired) electrons. The van der Waals surface area contributed by atoms with Crippen molar-refractivity contribution in [2.24, 2.45) is 5.92 Å². The van der Waals surface area contributed by atoms with E-state index in [0.717, 1.165) is 0 Å². The predicted octanol–water partition coefficient (Wildman–Crippen LogP) is 22.1. The summed E-state index contributed by atoms with van der Waals surface area (Å²) in [6.07, 6.45) is 3.36. The van der Waals surface area contributed by atoms with E-state index in [0.29, 0.717) is 5.92 Å². The summed E-state index contributed by atoms with van der Waals surface area (Å²) < 4.78 is 0. The van der Waals surface area contributed by atoms with Gasteiger partial charge in [0.05, 0.1) is 0 Å². The average molecular weight is 1260 g/mol. The molecule has 0 nitrogen and oxygen atoms in total. The molecule has 12 aromatic rings. The first-order valence-electron chi connectivity index (χ1n) is 29.8. The van der Waals surface area contributed by atoms with E-state index in [4.69, 9.17) is 0 Å². The average Bonchev–Trinajstić information content (AvgIpc) is 1.46. The maximum absolute atomic E-state index is 3.36. The van der Waals surface area contributed by atoms with Crippen molar-refractivity contribution in [1.29, 1.82) is 0 Å². The first kappa shape index (κ1) is 66.9. The van der Waals surface area contributed by atoms with E-state index in [1.165, 1.54) is 149 Å². The van der Waals surface area contributed by atoms with Gasteiger partial charge in [0.1, 0.15) is 0 Å². The van der Waals surface area contributed by atoms with Crippen LogP contribution in [-0.4, -0.2) is 8.80 Å². The number of allylic oxidation sites excluding steroid dienone is 4. The maximum Gasteiger partial charge on any atom is 0.155 e. The molecule has 1 aliphatic carbocycles. The topological polar surface area (TPSA) is 0 Å². The molecular formula is C84H73Cl3SiTi-. The third-order valence-corrected chi connectivity index (χ3v) is 20.6. The number of hydrogen-bond donors (Lipinski definition) is 0. The van der Waals surface area contributed by atoms with Crippen molar-refractivity contribution >= 4 is 61.6 Å². The molecule has 0 saturated heterocycles. The Bertz CT molecular complexity index is 3950. The van der Waals surface area contributed by atoms with Crippen LogP contribution in [0.2, 0.25) is 0 Å². The zero-order valence-electron chi connectivity index (χ0n) is 51.5. The predicted molar refractivity (Wildman–Crippen MR) is 389 cm³/mol. The fraction of sp³-hybridized carbons (Fsp3) is 0.0952. The van der Waals surface area contributed by atoms with Crippen LogP contribution in [0.5, 0.6) is 0 Å². The van der Waals surface area contributed by atoms with Crippen LogP contribution in [-0.2, 0) is 21.7 Å². The Morgan fingerprint density at radius 2 is 0.461 bits per heavy atom. The molecule has 89 heavy (non-hydrogen) atoms. The van der Waals surface area contributed by atoms with Crippen molar-refractivity contribution in [2.45, 2.75) is 48.5 Å². The first-order valence-corrected chi connectivity index (χ1v) is 31.3. The van der Waals surface area contributed by atoms with E-state index < -0.39 is 8.80 Å². The molecule has 0 amide bonds. The second-order valence-corrected chi connectivity index (χ2v) is 24.9. The standard InChI is InChI=1S/C75H57Si.C9H13.3ClH.Ti/c1-52-67(49-64(55-31-13-4-14-32-55)73(61-43-25-10-26-44-61)70(52)58-37-19-7-20-38-58)76(68-50-65(56-33-15-5-16-34-56)74(62-45-27-11-28-46-62)71(53(68)2)59-39-21-8-22-40-59)69-51-66(57-35-17-6-18-36-57)75(63-47-29-12-30-48-63)72(54(69)3)60-41-23-9-24-42-60;1-6-5-7(2)9(4)8(6)3;;;;/h4-51H,1-3H3;6H,1-4H3;3*1H;/q;-1;;;;. The third kappa shape index (κ3) is 13.7. The summed E-state index contributed by atoms with van der Waals surface area (Å²) in [6, 6.07) is 108. The van der Waals surface area contributed by atoms with Gasteiger partial charge in [0.15, 0.2) is 8.80 Å². The number of halogens is 3. The van der Waals surface area contributed by atoms with Crippen molar-refractivity contribution in [1.82, 2.24) is 0 Å². The van der Waals surface area contributed by atoms with Crippen LogP contribution < -0.4 is 15.6 Å².